The Bertz CT molecular complexity index is 540. The third-order valence-electron chi connectivity index (χ3n) is 1.90. The van der Waals surface area contributed by atoms with Crippen molar-refractivity contribution in [1.82, 2.24) is 9.78 Å². The van der Waals surface area contributed by atoms with Crippen molar-refractivity contribution in [3.63, 3.8) is 0 Å². The van der Waals surface area contributed by atoms with E-state index in [9.17, 15) is 0 Å². The van der Waals surface area contributed by atoms with Gasteiger partial charge in [0.25, 0.3) is 0 Å². The van der Waals surface area contributed by atoms with Crippen LogP contribution in [-0.2, 0) is 0 Å². The second-order valence-electron chi connectivity index (χ2n) is 2.85. The van der Waals surface area contributed by atoms with Gasteiger partial charge in [-0.25, -0.2) is 4.68 Å². The fraction of sp³-hybridized carbons (Fsp3) is 0. The van der Waals surface area contributed by atoms with E-state index in [1.54, 1.807) is 10.9 Å². The van der Waals surface area contributed by atoms with Crippen LogP contribution in [0.15, 0.2) is 39.5 Å². The van der Waals surface area contributed by atoms with Gasteiger partial charge in [0.05, 0.1) is 21.9 Å². The van der Waals surface area contributed by atoms with Crippen molar-refractivity contribution in [1.29, 1.82) is 5.26 Å². The van der Waals surface area contributed by atoms with Gasteiger partial charge in [0, 0.05) is 10.7 Å². The largest absolute Gasteiger partial charge is 0.238 e. The average Bonchev–Trinajstić information content (AvgIpc) is 2.64. The number of hydrogen-bond donors (Lipinski definition) is 0. The molecule has 0 unspecified atom stereocenters. The zero-order chi connectivity index (χ0) is 10.8. The van der Waals surface area contributed by atoms with E-state index in [0.717, 1.165) is 14.6 Å². The van der Waals surface area contributed by atoms with Gasteiger partial charge in [-0.2, -0.15) is 10.4 Å². The third kappa shape index (κ3) is 1.96. The number of nitriles is 1. The Kier molecular flexibility index (Phi) is 2.89. The van der Waals surface area contributed by atoms with E-state index in [-0.39, 0.29) is 0 Å². The predicted molar refractivity (Wildman–Crippen MR) is 63.7 cm³/mol. The Morgan fingerprint density at radius 2 is 2.13 bits per heavy atom. The van der Waals surface area contributed by atoms with Gasteiger partial charge < -0.3 is 0 Å². The summed E-state index contributed by atoms with van der Waals surface area (Å²) in [6, 6.07) is 7.70. The van der Waals surface area contributed by atoms with Crippen LogP contribution in [0.2, 0.25) is 0 Å². The lowest BCUT2D eigenvalue weighted by atomic mass is 10.2. The lowest BCUT2D eigenvalue weighted by molar-refractivity contribution is 0.876. The van der Waals surface area contributed by atoms with Crippen LogP contribution in [0.4, 0.5) is 0 Å². The molecule has 0 fully saturated rings. The van der Waals surface area contributed by atoms with Gasteiger partial charge in [-0.3, -0.25) is 0 Å². The van der Waals surface area contributed by atoms with Gasteiger partial charge in [0.2, 0.25) is 0 Å². The number of aromatic nitrogens is 2. The highest BCUT2D eigenvalue weighted by molar-refractivity contribution is 9.10. The average molecular weight is 327 g/mol. The van der Waals surface area contributed by atoms with Gasteiger partial charge >= 0.3 is 0 Å². The van der Waals surface area contributed by atoms with E-state index in [2.05, 4.69) is 43.0 Å². The topological polar surface area (TPSA) is 41.6 Å². The molecule has 1 heterocycles. The second kappa shape index (κ2) is 4.17. The molecule has 1 aromatic carbocycles. The van der Waals surface area contributed by atoms with E-state index >= 15 is 0 Å². The Hall–Kier alpha value is -1.12. The van der Waals surface area contributed by atoms with Crippen molar-refractivity contribution in [2.75, 3.05) is 0 Å². The molecule has 0 spiro atoms. The molecule has 3 nitrogen and oxygen atoms in total. The number of hydrogen-bond acceptors (Lipinski definition) is 2. The minimum absolute atomic E-state index is 0.577. The molecule has 2 aromatic rings. The maximum Gasteiger partial charge on any atom is 0.103 e. The summed E-state index contributed by atoms with van der Waals surface area (Å²) >= 11 is 6.65. The standard InChI is InChI=1S/C10H5Br2N3/c11-7-5-14-15(6-7)10-3-1-2-9(12)8(10)4-13/h1-3,5-6H. The van der Waals surface area contributed by atoms with E-state index in [1.165, 1.54) is 0 Å². The zero-order valence-corrected chi connectivity index (χ0v) is 10.7. The summed E-state index contributed by atoms with van der Waals surface area (Å²) in [7, 11) is 0. The van der Waals surface area contributed by atoms with Gasteiger partial charge in [-0.15, -0.1) is 0 Å². The molecule has 5 heteroatoms. The van der Waals surface area contributed by atoms with Crippen LogP contribution < -0.4 is 0 Å². The summed E-state index contributed by atoms with van der Waals surface area (Å²) in [6.45, 7) is 0. The quantitative estimate of drug-likeness (QED) is 0.807. The first-order valence-corrected chi connectivity index (χ1v) is 5.70. The normalized spacial score (nSPS) is 9.93. The fourth-order valence-corrected chi connectivity index (χ4v) is 1.98. The summed E-state index contributed by atoms with van der Waals surface area (Å²) in [5.41, 5.74) is 1.34. The summed E-state index contributed by atoms with van der Waals surface area (Å²) in [5.74, 6) is 0. The highest BCUT2D eigenvalue weighted by Crippen LogP contribution is 2.23. The van der Waals surface area contributed by atoms with Gasteiger partial charge in [-0.1, -0.05) is 6.07 Å². The molecule has 0 bridgehead atoms. The van der Waals surface area contributed by atoms with Gasteiger partial charge in [0.15, 0.2) is 0 Å². The molecule has 0 N–H and O–H groups in total. The number of rotatable bonds is 1. The SMILES string of the molecule is N#Cc1c(Br)cccc1-n1cc(Br)cn1. The molecule has 0 aliphatic carbocycles. The van der Waals surface area contributed by atoms with Crippen molar-refractivity contribution < 1.29 is 0 Å². The lowest BCUT2D eigenvalue weighted by Crippen LogP contribution is -1.98. The van der Waals surface area contributed by atoms with Crippen molar-refractivity contribution in [2.45, 2.75) is 0 Å². The number of benzene rings is 1. The smallest absolute Gasteiger partial charge is 0.103 e. The molecular formula is C10H5Br2N3. The molecule has 0 saturated carbocycles. The summed E-state index contributed by atoms with van der Waals surface area (Å²) < 4.78 is 3.31. The molecule has 0 atom stereocenters. The van der Waals surface area contributed by atoms with E-state index in [0.29, 0.717) is 5.56 Å². The first-order chi connectivity index (χ1) is 7.22. The van der Waals surface area contributed by atoms with Crippen molar-refractivity contribution >= 4 is 31.9 Å². The van der Waals surface area contributed by atoms with Crippen LogP contribution in [0.3, 0.4) is 0 Å². The Morgan fingerprint density at radius 1 is 1.33 bits per heavy atom. The van der Waals surface area contributed by atoms with Crippen LogP contribution in [0.5, 0.6) is 0 Å². The minimum atomic E-state index is 0.577. The lowest BCUT2D eigenvalue weighted by Gasteiger charge is -2.04. The molecule has 0 aliphatic heterocycles. The Morgan fingerprint density at radius 3 is 2.73 bits per heavy atom. The third-order valence-corrected chi connectivity index (χ3v) is 2.97. The molecule has 0 amide bonds. The van der Waals surface area contributed by atoms with E-state index in [1.807, 2.05) is 24.4 Å². The zero-order valence-electron chi connectivity index (χ0n) is 7.48. The molecule has 74 valence electrons. The van der Waals surface area contributed by atoms with Crippen LogP contribution >= 0.6 is 31.9 Å². The molecule has 15 heavy (non-hydrogen) atoms. The Labute approximate surface area is 104 Å². The monoisotopic (exact) mass is 325 g/mol. The highest BCUT2D eigenvalue weighted by Gasteiger charge is 2.08. The van der Waals surface area contributed by atoms with Crippen LogP contribution in [0.1, 0.15) is 5.56 Å². The van der Waals surface area contributed by atoms with Crippen molar-refractivity contribution in [3.8, 4) is 11.8 Å². The maximum absolute atomic E-state index is 9.03. The Balaban J connectivity index is 2.63. The van der Waals surface area contributed by atoms with Crippen LogP contribution in [-0.4, -0.2) is 9.78 Å². The fourth-order valence-electron chi connectivity index (χ4n) is 1.25. The molecule has 0 radical (unpaired) electrons. The van der Waals surface area contributed by atoms with Crippen molar-refractivity contribution in [2.24, 2.45) is 0 Å². The van der Waals surface area contributed by atoms with Crippen LogP contribution in [0.25, 0.3) is 5.69 Å². The molecule has 0 saturated heterocycles. The summed E-state index contributed by atoms with van der Waals surface area (Å²) in [6.07, 6.45) is 3.49. The molecule has 2 rings (SSSR count). The minimum Gasteiger partial charge on any atom is -0.238 e. The van der Waals surface area contributed by atoms with E-state index in [4.69, 9.17) is 5.26 Å². The van der Waals surface area contributed by atoms with Gasteiger partial charge in [-0.05, 0) is 44.0 Å². The van der Waals surface area contributed by atoms with E-state index < -0.39 is 0 Å². The first-order valence-electron chi connectivity index (χ1n) is 4.11. The number of halogens is 2. The molecular weight excluding hydrogens is 322 g/mol. The summed E-state index contributed by atoms with van der Waals surface area (Å²) in [4.78, 5) is 0. The second-order valence-corrected chi connectivity index (χ2v) is 4.62. The molecule has 1 aromatic heterocycles. The van der Waals surface area contributed by atoms with Gasteiger partial charge in [0.1, 0.15) is 6.07 Å². The van der Waals surface area contributed by atoms with Crippen molar-refractivity contribution in [3.05, 3.63) is 45.1 Å². The first kappa shape index (κ1) is 10.4. The van der Waals surface area contributed by atoms with Crippen LogP contribution in [0, 0.1) is 11.3 Å². The summed E-state index contributed by atoms with van der Waals surface area (Å²) in [5, 5.41) is 13.2. The molecule has 0 aliphatic rings. The highest BCUT2D eigenvalue weighted by atomic mass is 79.9. The predicted octanol–water partition coefficient (Wildman–Crippen LogP) is 3.27. The maximum atomic E-state index is 9.03. The number of nitrogens with zero attached hydrogens (tertiary/aromatic N) is 3.